The lowest BCUT2D eigenvalue weighted by molar-refractivity contribution is 0.0687. The third-order valence-electron chi connectivity index (χ3n) is 4.56. The van der Waals surface area contributed by atoms with E-state index in [9.17, 15) is 13.2 Å². The van der Waals surface area contributed by atoms with Crippen LogP contribution in [0.2, 0.25) is 0 Å². The highest BCUT2D eigenvalue weighted by atomic mass is 32.2. The number of carbonyl (C=O) groups excluding carboxylic acids is 1. The van der Waals surface area contributed by atoms with Gasteiger partial charge in [0.25, 0.3) is 5.91 Å². The Labute approximate surface area is 157 Å². The molecule has 1 saturated heterocycles. The second-order valence-corrected chi connectivity index (χ2v) is 9.69. The molecule has 2 rings (SSSR count). The van der Waals surface area contributed by atoms with Crippen molar-refractivity contribution in [2.45, 2.75) is 50.5 Å². The topological polar surface area (TPSA) is 78.5 Å². The molecular formula is C19H31N3O3S. The van der Waals surface area contributed by atoms with Gasteiger partial charge in [-0.25, -0.2) is 13.1 Å². The largest absolute Gasteiger partial charge is 0.339 e. The molecule has 0 saturated carbocycles. The van der Waals surface area contributed by atoms with Crippen molar-refractivity contribution in [2.75, 3.05) is 26.7 Å². The lowest BCUT2D eigenvalue weighted by Crippen LogP contribution is -2.40. The van der Waals surface area contributed by atoms with Crippen molar-refractivity contribution >= 4 is 15.9 Å². The van der Waals surface area contributed by atoms with Crippen LogP contribution in [0.4, 0.5) is 0 Å². The predicted molar refractivity (Wildman–Crippen MR) is 104 cm³/mol. The maximum Gasteiger partial charge on any atom is 0.253 e. The average molecular weight is 382 g/mol. The Bertz CT molecular complexity index is 701. The third-order valence-corrected chi connectivity index (χ3v) is 6.33. The van der Waals surface area contributed by atoms with E-state index in [1.54, 1.807) is 32.9 Å². The van der Waals surface area contributed by atoms with Crippen LogP contribution in [0.25, 0.3) is 0 Å². The predicted octanol–water partition coefficient (Wildman–Crippen LogP) is 2.23. The summed E-state index contributed by atoms with van der Waals surface area (Å²) in [6.45, 7) is 7.92. The molecule has 0 spiro atoms. The van der Waals surface area contributed by atoms with E-state index < -0.39 is 15.6 Å². The van der Waals surface area contributed by atoms with Crippen LogP contribution in [0.5, 0.6) is 0 Å². The lowest BCUT2D eigenvalue weighted by atomic mass is 9.93. The van der Waals surface area contributed by atoms with Crippen molar-refractivity contribution in [2.24, 2.45) is 5.92 Å². The molecule has 6 nitrogen and oxygen atoms in total. The van der Waals surface area contributed by atoms with E-state index in [4.69, 9.17) is 0 Å². The molecular weight excluding hydrogens is 350 g/mol. The van der Waals surface area contributed by atoms with Gasteiger partial charge in [-0.3, -0.25) is 4.79 Å². The number of likely N-dealkylation sites (tertiary alicyclic amines) is 1. The number of sulfonamides is 1. The normalized spacial score (nSPS) is 16.7. The van der Waals surface area contributed by atoms with Crippen molar-refractivity contribution in [3.05, 3.63) is 29.8 Å². The van der Waals surface area contributed by atoms with Crippen LogP contribution in [-0.4, -0.2) is 51.4 Å². The van der Waals surface area contributed by atoms with E-state index in [-0.39, 0.29) is 10.8 Å². The number of piperidine rings is 1. The fourth-order valence-electron chi connectivity index (χ4n) is 3.19. The first-order valence-electron chi connectivity index (χ1n) is 9.20. The minimum Gasteiger partial charge on any atom is -0.339 e. The van der Waals surface area contributed by atoms with Crippen LogP contribution < -0.4 is 10.0 Å². The van der Waals surface area contributed by atoms with E-state index in [2.05, 4.69) is 10.0 Å². The van der Waals surface area contributed by atoms with Crippen LogP contribution in [0.1, 0.15) is 50.4 Å². The molecule has 1 aliphatic heterocycles. The summed E-state index contributed by atoms with van der Waals surface area (Å²) in [7, 11) is -1.62. The Morgan fingerprint density at radius 2 is 1.73 bits per heavy atom. The van der Waals surface area contributed by atoms with E-state index >= 15 is 0 Å². The monoisotopic (exact) mass is 381 g/mol. The molecule has 1 fully saturated rings. The van der Waals surface area contributed by atoms with E-state index in [1.807, 2.05) is 11.9 Å². The maximum atomic E-state index is 12.7. The van der Waals surface area contributed by atoms with E-state index in [1.165, 1.54) is 12.1 Å². The summed E-state index contributed by atoms with van der Waals surface area (Å²) in [5, 5.41) is 3.17. The standard InChI is InChI=1S/C19H31N3O3S/c1-19(2,3)21-26(24,25)17-7-5-16(6-8-17)18(23)22-13-10-15(11-14-22)9-12-20-4/h5-8,15,20-21H,9-14H2,1-4H3. The fourth-order valence-corrected chi connectivity index (χ4v) is 4.61. The summed E-state index contributed by atoms with van der Waals surface area (Å²) < 4.78 is 27.3. The summed E-state index contributed by atoms with van der Waals surface area (Å²) in [4.78, 5) is 14.7. The molecule has 0 radical (unpaired) electrons. The zero-order valence-electron chi connectivity index (χ0n) is 16.2. The maximum absolute atomic E-state index is 12.7. The minimum absolute atomic E-state index is 0.0233. The number of benzene rings is 1. The average Bonchev–Trinajstić information content (AvgIpc) is 2.58. The Hall–Kier alpha value is -1.44. The first kappa shape index (κ1) is 20.9. The summed E-state index contributed by atoms with van der Waals surface area (Å²) in [5.41, 5.74) is -0.0151. The van der Waals surface area contributed by atoms with Crippen molar-refractivity contribution in [1.29, 1.82) is 0 Å². The van der Waals surface area contributed by atoms with Crippen molar-refractivity contribution in [3.63, 3.8) is 0 Å². The van der Waals surface area contributed by atoms with Gasteiger partial charge in [0.2, 0.25) is 10.0 Å². The van der Waals surface area contributed by atoms with Crippen molar-refractivity contribution in [1.82, 2.24) is 14.9 Å². The van der Waals surface area contributed by atoms with Gasteiger partial charge in [0.05, 0.1) is 4.90 Å². The highest BCUT2D eigenvalue weighted by Gasteiger charge is 2.25. The van der Waals surface area contributed by atoms with Gasteiger partial charge >= 0.3 is 0 Å². The van der Waals surface area contributed by atoms with Gasteiger partial charge < -0.3 is 10.2 Å². The second-order valence-electron chi connectivity index (χ2n) is 8.01. The lowest BCUT2D eigenvalue weighted by Gasteiger charge is -2.32. The van der Waals surface area contributed by atoms with Gasteiger partial charge in [-0.05, 0) is 83.8 Å². The molecule has 1 amide bonds. The highest BCUT2D eigenvalue weighted by Crippen LogP contribution is 2.22. The van der Waals surface area contributed by atoms with Gasteiger partial charge in [-0.15, -0.1) is 0 Å². The molecule has 1 aliphatic rings. The first-order valence-corrected chi connectivity index (χ1v) is 10.7. The van der Waals surface area contributed by atoms with Crippen molar-refractivity contribution < 1.29 is 13.2 Å². The number of nitrogens with zero attached hydrogens (tertiary/aromatic N) is 1. The summed E-state index contributed by atoms with van der Waals surface area (Å²) in [5.74, 6) is 0.646. The highest BCUT2D eigenvalue weighted by molar-refractivity contribution is 7.89. The molecule has 0 atom stereocenters. The molecule has 1 aromatic carbocycles. The van der Waals surface area contributed by atoms with Crippen LogP contribution in [0.3, 0.4) is 0 Å². The Morgan fingerprint density at radius 1 is 1.15 bits per heavy atom. The molecule has 2 N–H and O–H groups in total. The molecule has 7 heteroatoms. The number of rotatable bonds is 6. The number of hydrogen-bond donors (Lipinski definition) is 2. The number of hydrogen-bond acceptors (Lipinski definition) is 4. The van der Waals surface area contributed by atoms with Gasteiger partial charge in [0, 0.05) is 24.2 Å². The Balaban J connectivity index is 1.99. The summed E-state index contributed by atoms with van der Waals surface area (Å²) in [6, 6.07) is 6.21. The minimum atomic E-state index is -3.58. The number of carbonyl (C=O) groups is 1. The van der Waals surface area contributed by atoms with Crippen molar-refractivity contribution in [3.8, 4) is 0 Å². The quantitative estimate of drug-likeness (QED) is 0.792. The number of nitrogens with one attached hydrogen (secondary N) is 2. The van der Waals surface area contributed by atoms with Gasteiger partial charge in [0.15, 0.2) is 0 Å². The molecule has 146 valence electrons. The van der Waals surface area contributed by atoms with Gasteiger partial charge in [0.1, 0.15) is 0 Å². The molecule has 0 unspecified atom stereocenters. The second kappa shape index (κ2) is 8.50. The van der Waals surface area contributed by atoms with Crippen LogP contribution in [0, 0.1) is 5.92 Å². The smallest absolute Gasteiger partial charge is 0.253 e. The number of amides is 1. The molecule has 0 aromatic heterocycles. The van der Waals surface area contributed by atoms with Gasteiger partial charge in [-0.2, -0.15) is 0 Å². The zero-order chi connectivity index (χ0) is 19.4. The summed E-state index contributed by atoms with van der Waals surface area (Å²) in [6.07, 6.45) is 3.19. The Kier molecular flexibility index (Phi) is 6.82. The fraction of sp³-hybridized carbons (Fsp3) is 0.632. The molecule has 1 aromatic rings. The molecule has 0 bridgehead atoms. The third kappa shape index (κ3) is 5.79. The van der Waals surface area contributed by atoms with Gasteiger partial charge in [-0.1, -0.05) is 0 Å². The van der Waals surface area contributed by atoms with Crippen LogP contribution in [0.15, 0.2) is 29.2 Å². The van der Waals surface area contributed by atoms with Crippen LogP contribution >= 0.6 is 0 Å². The van der Waals surface area contributed by atoms with E-state index in [0.29, 0.717) is 11.5 Å². The van der Waals surface area contributed by atoms with E-state index in [0.717, 1.165) is 38.9 Å². The first-order chi connectivity index (χ1) is 12.1. The SMILES string of the molecule is CNCCC1CCN(C(=O)c2ccc(S(=O)(=O)NC(C)(C)C)cc2)CC1. The Morgan fingerprint density at radius 3 is 2.23 bits per heavy atom. The molecule has 0 aliphatic carbocycles. The summed E-state index contributed by atoms with van der Waals surface area (Å²) >= 11 is 0. The molecule has 1 heterocycles. The van der Waals surface area contributed by atoms with Crippen LogP contribution in [-0.2, 0) is 10.0 Å². The molecule has 26 heavy (non-hydrogen) atoms. The zero-order valence-corrected chi connectivity index (χ0v) is 17.0.